The minimum Gasteiger partial charge on any atom is -0.481 e. The molecule has 1 saturated heterocycles. The highest BCUT2D eigenvalue weighted by Crippen LogP contribution is 2.35. The molecule has 1 aliphatic rings. The molecule has 0 unspecified atom stereocenters. The van der Waals surface area contributed by atoms with Crippen molar-refractivity contribution in [1.29, 1.82) is 0 Å². The van der Waals surface area contributed by atoms with Crippen LogP contribution in [0.2, 0.25) is 15.1 Å². The molecule has 4 rings (SSSR count). The number of halogens is 3. The number of hydrogen-bond donors (Lipinski definition) is 2. The van der Waals surface area contributed by atoms with Gasteiger partial charge < -0.3 is 10.1 Å². The van der Waals surface area contributed by atoms with E-state index in [0.717, 1.165) is 4.90 Å². The fourth-order valence-electron chi connectivity index (χ4n) is 3.54. The van der Waals surface area contributed by atoms with Gasteiger partial charge in [-0.1, -0.05) is 59.1 Å². The number of nitrogens with one attached hydrogen (secondary N) is 2. The molecule has 188 valence electrons. The van der Waals surface area contributed by atoms with Gasteiger partial charge in [0, 0.05) is 10.7 Å². The van der Waals surface area contributed by atoms with Gasteiger partial charge in [-0.05, 0) is 60.5 Å². The zero-order chi connectivity index (χ0) is 26.7. The van der Waals surface area contributed by atoms with E-state index in [1.54, 1.807) is 49.4 Å². The van der Waals surface area contributed by atoms with Crippen LogP contribution in [0.1, 0.15) is 11.1 Å². The molecule has 3 aromatic carbocycles. The molecule has 0 atom stereocenters. The summed E-state index contributed by atoms with van der Waals surface area (Å²) in [4.78, 5) is 51.2. The van der Waals surface area contributed by atoms with Crippen molar-refractivity contribution in [1.82, 2.24) is 5.32 Å². The average Bonchev–Trinajstić information content (AvgIpc) is 2.84. The molecular weight excluding hydrogens is 541 g/mol. The summed E-state index contributed by atoms with van der Waals surface area (Å²) in [5.41, 5.74) is 1.31. The van der Waals surface area contributed by atoms with Crippen LogP contribution in [0.5, 0.6) is 5.75 Å². The monoisotopic (exact) mass is 557 g/mol. The van der Waals surface area contributed by atoms with Crippen LogP contribution < -0.4 is 20.3 Å². The van der Waals surface area contributed by atoms with Gasteiger partial charge in [0.2, 0.25) is 0 Å². The Morgan fingerprint density at radius 1 is 0.973 bits per heavy atom. The predicted molar refractivity (Wildman–Crippen MR) is 142 cm³/mol. The summed E-state index contributed by atoms with van der Waals surface area (Å²) in [5.74, 6) is -2.09. The van der Waals surface area contributed by atoms with Crippen LogP contribution in [-0.4, -0.2) is 30.4 Å². The predicted octanol–water partition coefficient (Wildman–Crippen LogP) is 5.64. The molecule has 11 heteroatoms. The maximum absolute atomic E-state index is 13.2. The van der Waals surface area contributed by atoms with Crippen molar-refractivity contribution in [2.75, 3.05) is 16.8 Å². The van der Waals surface area contributed by atoms with E-state index in [0.29, 0.717) is 21.8 Å². The highest BCUT2D eigenvalue weighted by atomic mass is 35.5. The van der Waals surface area contributed by atoms with Gasteiger partial charge in [-0.25, -0.2) is 9.69 Å². The molecule has 0 aromatic heterocycles. The van der Waals surface area contributed by atoms with Crippen molar-refractivity contribution in [3.63, 3.8) is 0 Å². The second-order valence-corrected chi connectivity index (χ2v) is 9.08. The van der Waals surface area contributed by atoms with Gasteiger partial charge in [-0.15, -0.1) is 0 Å². The number of rotatable bonds is 6. The molecule has 1 heterocycles. The molecule has 5 amide bonds. The first kappa shape index (κ1) is 26.2. The lowest BCUT2D eigenvalue weighted by molar-refractivity contribution is -0.122. The number of urea groups is 1. The normalized spacial score (nSPS) is 14.5. The van der Waals surface area contributed by atoms with Crippen molar-refractivity contribution in [3.05, 3.63) is 92.4 Å². The number of imide groups is 2. The van der Waals surface area contributed by atoms with Gasteiger partial charge in [0.25, 0.3) is 17.7 Å². The Bertz CT molecular complexity index is 1430. The number of hydrogen-bond acceptors (Lipinski definition) is 5. The fourth-order valence-corrected chi connectivity index (χ4v) is 4.32. The highest BCUT2D eigenvalue weighted by Gasteiger charge is 2.37. The maximum Gasteiger partial charge on any atom is 0.335 e. The molecule has 0 spiro atoms. The lowest BCUT2D eigenvalue weighted by Gasteiger charge is -2.27. The first-order chi connectivity index (χ1) is 17.7. The van der Waals surface area contributed by atoms with Crippen LogP contribution >= 0.6 is 34.8 Å². The Balaban J connectivity index is 1.56. The van der Waals surface area contributed by atoms with Crippen LogP contribution in [0.15, 0.2) is 66.2 Å². The quantitative estimate of drug-likeness (QED) is 0.301. The van der Waals surface area contributed by atoms with Crippen LogP contribution in [0.3, 0.4) is 0 Å². The lowest BCUT2D eigenvalue weighted by atomic mass is 10.1. The van der Waals surface area contributed by atoms with Crippen molar-refractivity contribution in [2.24, 2.45) is 0 Å². The lowest BCUT2D eigenvalue weighted by Crippen LogP contribution is -2.54. The molecule has 0 bridgehead atoms. The molecule has 0 aliphatic carbocycles. The number of barbiturate groups is 1. The number of ether oxygens (including phenoxy) is 1. The smallest absolute Gasteiger partial charge is 0.335 e. The van der Waals surface area contributed by atoms with Crippen LogP contribution in [0.4, 0.5) is 16.2 Å². The second-order valence-electron chi connectivity index (χ2n) is 7.86. The van der Waals surface area contributed by atoms with Crippen molar-refractivity contribution >= 4 is 76.0 Å². The van der Waals surface area contributed by atoms with Crippen molar-refractivity contribution in [3.8, 4) is 5.75 Å². The van der Waals surface area contributed by atoms with E-state index >= 15 is 0 Å². The summed E-state index contributed by atoms with van der Waals surface area (Å²) in [6.45, 7) is 1.29. The van der Waals surface area contributed by atoms with Crippen molar-refractivity contribution in [2.45, 2.75) is 6.92 Å². The summed E-state index contributed by atoms with van der Waals surface area (Å²) in [6, 6.07) is 15.5. The van der Waals surface area contributed by atoms with Gasteiger partial charge in [0.05, 0.1) is 15.7 Å². The SMILES string of the molecule is Cc1c(Cl)cccc1N1C(=O)NC(=O)/C(=C/c2cc(Cl)c(OCC(=O)Nc3ccccc3)c(Cl)c2)C1=O. The Morgan fingerprint density at radius 2 is 1.65 bits per heavy atom. The van der Waals surface area contributed by atoms with E-state index in [4.69, 9.17) is 39.5 Å². The van der Waals surface area contributed by atoms with E-state index in [1.165, 1.54) is 18.2 Å². The number of amides is 5. The Labute approximate surface area is 226 Å². The molecule has 8 nitrogen and oxygen atoms in total. The average molecular weight is 559 g/mol. The van der Waals surface area contributed by atoms with E-state index in [1.807, 2.05) is 6.07 Å². The van der Waals surface area contributed by atoms with Gasteiger partial charge >= 0.3 is 6.03 Å². The molecule has 1 aliphatic heterocycles. The van der Waals surface area contributed by atoms with E-state index < -0.39 is 23.8 Å². The van der Waals surface area contributed by atoms with E-state index in [2.05, 4.69) is 10.6 Å². The Morgan fingerprint density at radius 3 is 2.32 bits per heavy atom. The first-order valence-electron chi connectivity index (χ1n) is 10.8. The fraction of sp³-hybridized carbons (Fsp3) is 0.0769. The van der Waals surface area contributed by atoms with Gasteiger partial charge in [-0.3, -0.25) is 19.7 Å². The molecule has 1 fully saturated rings. The molecular formula is C26H18Cl3N3O5. The maximum atomic E-state index is 13.2. The number of carbonyl (C=O) groups is 4. The second kappa shape index (κ2) is 11.0. The zero-order valence-corrected chi connectivity index (χ0v) is 21.4. The summed E-state index contributed by atoms with van der Waals surface area (Å²) < 4.78 is 5.49. The third-order valence-corrected chi connectivity index (χ3v) is 6.29. The number of para-hydroxylation sites is 1. The van der Waals surface area contributed by atoms with Crippen LogP contribution in [-0.2, 0) is 14.4 Å². The Kier molecular flexibility index (Phi) is 7.83. The summed E-state index contributed by atoms with van der Waals surface area (Å²) in [7, 11) is 0. The minimum atomic E-state index is -0.897. The van der Waals surface area contributed by atoms with Gasteiger partial charge in [0.1, 0.15) is 5.57 Å². The summed E-state index contributed by atoms with van der Waals surface area (Å²) in [6.07, 6.45) is 1.25. The van der Waals surface area contributed by atoms with Crippen LogP contribution in [0.25, 0.3) is 6.08 Å². The largest absolute Gasteiger partial charge is 0.481 e. The standard InChI is InChI=1S/C26H18Cl3N3O5/c1-14-18(27)8-5-9-21(14)32-25(35)17(24(34)31-26(32)36)10-15-11-19(28)23(20(29)12-15)37-13-22(33)30-16-6-3-2-4-7-16/h2-12H,13H2,1H3,(H,30,33)(H,31,34,36)/b17-10-. The molecule has 2 N–H and O–H groups in total. The number of anilines is 2. The number of benzene rings is 3. The minimum absolute atomic E-state index is 0.0501. The molecule has 37 heavy (non-hydrogen) atoms. The molecule has 0 saturated carbocycles. The molecule has 3 aromatic rings. The van der Waals surface area contributed by atoms with Crippen LogP contribution in [0, 0.1) is 6.92 Å². The number of nitrogens with zero attached hydrogens (tertiary/aromatic N) is 1. The first-order valence-corrected chi connectivity index (χ1v) is 11.9. The third-order valence-electron chi connectivity index (χ3n) is 5.32. The van der Waals surface area contributed by atoms with Gasteiger partial charge in [-0.2, -0.15) is 0 Å². The summed E-state index contributed by atoms with van der Waals surface area (Å²) >= 11 is 18.8. The van der Waals surface area contributed by atoms with E-state index in [9.17, 15) is 19.2 Å². The summed E-state index contributed by atoms with van der Waals surface area (Å²) in [5, 5.41) is 5.28. The van der Waals surface area contributed by atoms with Crippen molar-refractivity contribution < 1.29 is 23.9 Å². The highest BCUT2D eigenvalue weighted by molar-refractivity contribution is 6.40. The van der Waals surface area contributed by atoms with Gasteiger partial charge in [0.15, 0.2) is 12.4 Å². The zero-order valence-electron chi connectivity index (χ0n) is 19.2. The molecule has 0 radical (unpaired) electrons. The van der Waals surface area contributed by atoms with E-state index in [-0.39, 0.29) is 33.7 Å². The topological polar surface area (TPSA) is 105 Å². The number of carbonyl (C=O) groups excluding carboxylic acids is 4. The Hall–Kier alpha value is -3.85. The third kappa shape index (κ3) is 5.77.